The van der Waals surface area contributed by atoms with Crippen molar-refractivity contribution in [1.29, 1.82) is 0 Å². The molecule has 1 aliphatic carbocycles. The molecule has 1 amide bonds. The molecule has 13 heteroatoms. The zero-order valence-electron chi connectivity index (χ0n) is 21.5. The second-order valence-electron chi connectivity index (χ2n) is 9.38. The first-order valence-corrected chi connectivity index (χ1v) is 12.6. The number of nitrogens with one attached hydrogen (secondary N) is 1. The number of carbonyl (C=O) groups is 1. The monoisotopic (exact) mass is 554 g/mol. The third-order valence-corrected chi connectivity index (χ3v) is 7.18. The van der Waals surface area contributed by atoms with E-state index in [2.05, 4.69) is 20.4 Å². The van der Waals surface area contributed by atoms with E-state index in [0.29, 0.717) is 42.8 Å². The summed E-state index contributed by atoms with van der Waals surface area (Å²) in [6.45, 7) is 1.81. The third kappa shape index (κ3) is 5.87. The number of fused-ring (bicyclic) bond motifs is 1. The van der Waals surface area contributed by atoms with Gasteiger partial charge >= 0.3 is 6.18 Å². The average molecular weight is 555 g/mol. The molecule has 0 saturated heterocycles. The van der Waals surface area contributed by atoms with Gasteiger partial charge in [0.25, 0.3) is 5.78 Å². The van der Waals surface area contributed by atoms with E-state index in [9.17, 15) is 18.0 Å². The SMILES string of the molecule is COC1CCC(C(=O)N(C)[C@@H](c2ccc(Nc3cnc4nc(Cl)nn4c3[C@H](C)OC)cc2)C(F)(F)F)CC1. The number of amides is 1. The largest absolute Gasteiger partial charge is 0.413 e. The number of anilines is 2. The van der Waals surface area contributed by atoms with Gasteiger partial charge in [-0.25, -0.2) is 4.98 Å². The summed E-state index contributed by atoms with van der Waals surface area (Å²) in [5.74, 6) is -0.675. The molecule has 1 aliphatic rings. The summed E-state index contributed by atoms with van der Waals surface area (Å²) in [6, 6.07) is 3.71. The molecular formula is C25H30ClF3N6O3. The number of hydrogen-bond donors (Lipinski definition) is 1. The molecule has 9 nitrogen and oxygen atoms in total. The smallest absolute Gasteiger partial charge is 0.381 e. The van der Waals surface area contributed by atoms with Crippen molar-refractivity contribution in [3.63, 3.8) is 0 Å². The third-order valence-electron chi connectivity index (χ3n) is 7.02. The summed E-state index contributed by atoms with van der Waals surface area (Å²) < 4.78 is 54.8. The van der Waals surface area contributed by atoms with Gasteiger partial charge in [-0.2, -0.15) is 22.7 Å². The lowest BCUT2D eigenvalue weighted by molar-refractivity contribution is -0.191. The number of rotatable bonds is 8. The molecule has 0 aliphatic heterocycles. The predicted octanol–water partition coefficient (Wildman–Crippen LogP) is 5.50. The molecular weight excluding hydrogens is 525 g/mol. The zero-order chi connectivity index (χ0) is 27.6. The van der Waals surface area contributed by atoms with Gasteiger partial charge in [0, 0.05) is 32.9 Å². The highest BCUT2D eigenvalue weighted by atomic mass is 35.5. The topological polar surface area (TPSA) is 93.9 Å². The van der Waals surface area contributed by atoms with Crippen molar-refractivity contribution in [3.8, 4) is 0 Å². The summed E-state index contributed by atoms with van der Waals surface area (Å²) in [5.41, 5.74) is 1.58. The van der Waals surface area contributed by atoms with E-state index < -0.39 is 30.1 Å². The molecule has 2 atom stereocenters. The van der Waals surface area contributed by atoms with Gasteiger partial charge in [0.05, 0.1) is 29.8 Å². The second-order valence-corrected chi connectivity index (χ2v) is 9.72. The van der Waals surface area contributed by atoms with Gasteiger partial charge in [0.2, 0.25) is 11.2 Å². The lowest BCUT2D eigenvalue weighted by Gasteiger charge is -2.35. The number of alkyl halides is 3. The Morgan fingerprint density at radius 1 is 1.18 bits per heavy atom. The van der Waals surface area contributed by atoms with Crippen molar-refractivity contribution < 1.29 is 27.4 Å². The maximum atomic E-state index is 14.2. The van der Waals surface area contributed by atoms with Crippen molar-refractivity contribution >= 4 is 34.7 Å². The maximum Gasteiger partial charge on any atom is 0.413 e. The lowest BCUT2D eigenvalue weighted by Crippen LogP contribution is -2.43. The molecule has 206 valence electrons. The van der Waals surface area contributed by atoms with Gasteiger partial charge in [0.15, 0.2) is 6.04 Å². The number of hydrogen-bond acceptors (Lipinski definition) is 7. The van der Waals surface area contributed by atoms with Crippen LogP contribution in [0.3, 0.4) is 0 Å². The predicted molar refractivity (Wildman–Crippen MR) is 135 cm³/mol. The number of carbonyl (C=O) groups excluding carboxylic acids is 1. The van der Waals surface area contributed by atoms with E-state index in [-0.39, 0.29) is 22.7 Å². The van der Waals surface area contributed by atoms with Gasteiger partial charge in [0.1, 0.15) is 0 Å². The van der Waals surface area contributed by atoms with Crippen LogP contribution in [0.4, 0.5) is 24.5 Å². The number of ether oxygens (including phenoxy) is 2. The molecule has 1 N–H and O–H groups in total. The first kappa shape index (κ1) is 28.1. The van der Waals surface area contributed by atoms with Gasteiger partial charge in [-0.1, -0.05) is 12.1 Å². The Bertz CT molecular complexity index is 1260. The minimum Gasteiger partial charge on any atom is -0.381 e. The van der Waals surface area contributed by atoms with E-state index in [1.54, 1.807) is 14.0 Å². The van der Waals surface area contributed by atoms with Crippen molar-refractivity contribution in [3.05, 3.63) is 47.0 Å². The number of benzene rings is 1. The van der Waals surface area contributed by atoms with E-state index in [1.807, 2.05) is 0 Å². The quantitative estimate of drug-likeness (QED) is 0.393. The molecule has 2 heterocycles. The fraction of sp³-hybridized carbons (Fsp3) is 0.520. The molecule has 3 aromatic rings. The molecule has 0 unspecified atom stereocenters. The van der Waals surface area contributed by atoms with E-state index in [0.717, 1.165) is 4.90 Å². The molecule has 38 heavy (non-hydrogen) atoms. The summed E-state index contributed by atoms with van der Waals surface area (Å²) >= 11 is 5.94. The zero-order valence-corrected chi connectivity index (χ0v) is 22.3. The minimum absolute atomic E-state index is 0.0205. The van der Waals surface area contributed by atoms with Crippen LogP contribution in [0.5, 0.6) is 0 Å². The molecule has 0 spiro atoms. The summed E-state index contributed by atoms with van der Waals surface area (Å²) in [6.07, 6.45) is -1.17. The molecule has 1 saturated carbocycles. The Balaban J connectivity index is 1.57. The molecule has 0 bridgehead atoms. The Labute approximate surface area is 223 Å². The Morgan fingerprint density at radius 3 is 2.42 bits per heavy atom. The van der Waals surface area contributed by atoms with E-state index >= 15 is 0 Å². The highest BCUT2D eigenvalue weighted by molar-refractivity contribution is 6.28. The van der Waals surface area contributed by atoms with Crippen molar-refractivity contribution in [2.75, 3.05) is 26.6 Å². The molecule has 1 fully saturated rings. The highest BCUT2D eigenvalue weighted by Gasteiger charge is 2.46. The Kier molecular flexibility index (Phi) is 8.43. The summed E-state index contributed by atoms with van der Waals surface area (Å²) in [7, 11) is 4.36. The molecule has 2 aromatic heterocycles. The molecule has 4 rings (SSSR count). The summed E-state index contributed by atoms with van der Waals surface area (Å²) in [4.78, 5) is 22.1. The minimum atomic E-state index is -4.65. The van der Waals surface area contributed by atoms with Crippen LogP contribution in [0.15, 0.2) is 30.5 Å². The fourth-order valence-electron chi connectivity index (χ4n) is 4.92. The van der Waals surface area contributed by atoms with Crippen LogP contribution in [-0.2, 0) is 14.3 Å². The van der Waals surface area contributed by atoms with Crippen LogP contribution in [0.25, 0.3) is 5.78 Å². The van der Waals surface area contributed by atoms with Crippen molar-refractivity contribution in [2.24, 2.45) is 5.92 Å². The van der Waals surface area contributed by atoms with E-state index in [4.69, 9.17) is 21.1 Å². The van der Waals surface area contributed by atoms with Crippen LogP contribution in [-0.4, -0.2) is 63.9 Å². The number of aromatic nitrogens is 4. The number of methoxy groups -OCH3 is 2. The number of nitrogens with zero attached hydrogens (tertiary/aromatic N) is 5. The molecule has 0 radical (unpaired) electrons. The summed E-state index contributed by atoms with van der Waals surface area (Å²) in [5, 5.41) is 7.33. The normalized spacial score (nSPS) is 19.8. The van der Waals surface area contributed by atoms with Gasteiger partial charge in [-0.15, -0.1) is 5.10 Å². The van der Waals surface area contributed by atoms with Crippen LogP contribution in [0.1, 0.15) is 56.0 Å². The highest BCUT2D eigenvalue weighted by Crippen LogP contribution is 2.40. The standard InChI is InChI=1S/C25H30ClF3N6O3/c1-14(37-3)20-19(13-30-24-32-23(26)33-35(20)24)31-17-9-5-15(6-10-17)21(25(27,28)29)34(2)22(36)16-7-11-18(38-4)12-8-16/h5-6,9-10,13-14,16,18,21,31H,7-8,11-12H2,1-4H3/t14-,16?,18?,21-/m0/s1. The van der Waals surface area contributed by atoms with Crippen molar-refractivity contribution in [1.82, 2.24) is 24.5 Å². The number of halogens is 4. The Morgan fingerprint density at radius 2 is 1.84 bits per heavy atom. The maximum absolute atomic E-state index is 14.2. The van der Waals surface area contributed by atoms with Gasteiger partial charge < -0.3 is 19.7 Å². The van der Waals surface area contributed by atoms with Crippen molar-refractivity contribution in [2.45, 2.75) is 57.0 Å². The first-order chi connectivity index (χ1) is 18.0. The second kappa shape index (κ2) is 11.4. The fourth-order valence-corrected chi connectivity index (χ4v) is 5.07. The lowest BCUT2D eigenvalue weighted by atomic mass is 9.86. The van der Waals surface area contributed by atoms with Crippen LogP contribution in [0.2, 0.25) is 5.28 Å². The van der Waals surface area contributed by atoms with Gasteiger partial charge in [-0.3, -0.25) is 4.79 Å². The molecule has 1 aromatic carbocycles. The average Bonchev–Trinajstić information content (AvgIpc) is 3.28. The van der Waals surface area contributed by atoms with Gasteiger partial charge in [-0.05, 0) is 61.9 Å². The van der Waals surface area contributed by atoms with Crippen LogP contribution < -0.4 is 5.32 Å². The van der Waals surface area contributed by atoms with Crippen LogP contribution in [0, 0.1) is 5.92 Å². The van der Waals surface area contributed by atoms with Crippen LogP contribution >= 0.6 is 11.6 Å². The first-order valence-electron chi connectivity index (χ1n) is 12.2. The van der Waals surface area contributed by atoms with E-state index in [1.165, 1.54) is 49.1 Å². The Hall–Kier alpha value is -2.96.